The van der Waals surface area contributed by atoms with Gasteiger partial charge in [-0.05, 0) is 24.7 Å². The molecule has 0 aliphatic rings. The number of guanidine groups is 1. The smallest absolute Gasteiger partial charge is 0.326 e. The van der Waals surface area contributed by atoms with E-state index in [1.807, 2.05) is 6.92 Å². The summed E-state index contributed by atoms with van der Waals surface area (Å²) in [5, 5.41) is 17.0. The number of carboxylic acid groups (broad SMARTS) is 1. The maximum Gasteiger partial charge on any atom is 0.326 e. The molecule has 0 aromatic carbocycles. The Morgan fingerprint density at radius 2 is 1.58 bits per heavy atom. The van der Waals surface area contributed by atoms with Gasteiger partial charge in [-0.1, -0.05) is 34.1 Å². The summed E-state index contributed by atoms with van der Waals surface area (Å²) in [4.78, 5) is 52.7. The van der Waals surface area contributed by atoms with Crippen molar-refractivity contribution in [2.45, 2.75) is 65.1 Å². The van der Waals surface area contributed by atoms with E-state index < -0.39 is 41.8 Å². The van der Waals surface area contributed by atoms with Gasteiger partial charge in [0, 0.05) is 6.54 Å². The van der Waals surface area contributed by atoms with Crippen molar-refractivity contribution in [1.29, 1.82) is 0 Å². The molecule has 0 aromatic rings. The van der Waals surface area contributed by atoms with Gasteiger partial charge >= 0.3 is 5.97 Å². The van der Waals surface area contributed by atoms with Crippen LogP contribution in [0, 0.1) is 11.8 Å². The average Bonchev–Trinajstić information content (AvgIpc) is 2.70. The molecule has 0 aromatic heterocycles. The molecule has 4 atom stereocenters. The number of rotatable bonds is 14. The van der Waals surface area contributed by atoms with E-state index in [0.717, 1.165) is 0 Å². The number of nitrogens with one attached hydrogen (secondary N) is 3. The summed E-state index contributed by atoms with van der Waals surface area (Å²) in [7, 11) is 0. The van der Waals surface area contributed by atoms with Crippen molar-refractivity contribution in [3.63, 3.8) is 0 Å². The first-order valence-electron chi connectivity index (χ1n) is 10.3. The lowest BCUT2D eigenvalue weighted by Crippen LogP contribution is -2.58. The second kappa shape index (κ2) is 14.2. The normalized spacial score (nSPS) is 14.6. The van der Waals surface area contributed by atoms with Crippen molar-refractivity contribution in [1.82, 2.24) is 16.0 Å². The van der Waals surface area contributed by atoms with Gasteiger partial charge in [0.05, 0.1) is 6.54 Å². The summed E-state index contributed by atoms with van der Waals surface area (Å²) >= 11 is 0. The van der Waals surface area contributed by atoms with Crippen LogP contribution >= 0.6 is 0 Å². The Balaban J connectivity index is 5.51. The van der Waals surface area contributed by atoms with Crippen LogP contribution in [0.5, 0.6) is 0 Å². The standard InChI is InChI=1S/C19H37N7O5/c1-5-11(4)15(25-13(27)9-20)17(29)24-12(7-6-8-23-19(21)22)16(28)26-14(10(2)3)18(30)31/h10-12,14-15H,5-9,20H2,1-4H3,(H,24,29)(H,25,27)(H,26,28)(H,30,31)(H4,21,22,23). The van der Waals surface area contributed by atoms with Crippen LogP contribution in [-0.2, 0) is 19.2 Å². The molecule has 0 bridgehead atoms. The van der Waals surface area contributed by atoms with Gasteiger partial charge in [-0.3, -0.25) is 19.4 Å². The van der Waals surface area contributed by atoms with Crippen LogP contribution < -0.4 is 33.2 Å². The predicted molar refractivity (Wildman–Crippen MR) is 117 cm³/mol. The fourth-order valence-electron chi connectivity index (χ4n) is 2.74. The topological polar surface area (TPSA) is 215 Å². The molecule has 12 nitrogen and oxygen atoms in total. The predicted octanol–water partition coefficient (Wildman–Crippen LogP) is -1.76. The molecule has 3 amide bonds. The molecule has 31 heavy (non-hydrogen) atoms. The molecule has 12 heteroatoms. The third-order valence-electron chi connectivity index (χ3n) is 4.81. The molecule has 0 saturated carbocycles. The highest BCUT2D eigenvalue weighted by Gasteiger charge is 2.32. The summed E-state index contributed by atoms with van der Waals surface area (Å²) in [6, 6.07) is -3.05. The summed E-state index contributed by atoms with van der Waals surface area (Å²) in [5.41, 5.74) is 15.9. The second-order valence-electron chi connectivity index (χ2n) is 7.71. The summed E-state index contributed by atoms with van der Waals surface area (Å²) in [5.74, 6) is -3.57. The fourth-order valence-corrected chi connectivity index (χ4v) is 2.74. The molecular formula is C19H37N7O5. The van der Waals surface area contributed by atoms with Crippen molar-refractivity contribution < 1.29 is 24.3 Å². The van der Waals surface area contributed by atoms with Crippen LogP contribution in [0.3, 0.4) is 0 Å². The van der Waals surface area contributed by atoms with Gasteiger partial charge in [-0.15, -0.1) is 0 Å². The minimum Gasteiger partial charge on any atom is -0.480 e. The highest BCUT2D eigenvalue weighted by Crippen LogP contribution is 2.10. The Morgan fingerprint density at radius 1 is 0.968 bits per heavy atom. The van der Waals surface area contributed by atoms with Crippen molar-refractivity contribution in [3.8, 4) is 0 Å². The third-order valence-corrected chi connectivity index (χ3v) is 4.81. The van der Waals surface area contributed by atoms with Gasteiger partial charge in [0.2, 0.25) is 17.7 Å². The SMILES string of the molecule is CCC(C)C(NC(=O)CN)C(=O)NC(CCCN=C(N)N)C(=O)NC(C(=O)O)C(C)C. The molecule has 0 spiro atoms. The number of nitrogens with two attached hydrogens (primary N) is 3. The van der Waals surface area contributed by atoms with Crippen molar-refractivity contribution >= 4 is 29.7 Å². The van der Waals surface area contributed by atoms with E-state index in [9.17, 15) is 24.3 Å². The molecular weight excluding hydrogens is 406 g/mol. The summed E-state index contributed by atoms with van der Waals surface area (Å²) < 4.78 is 0. The highest BCUT2D eigenvalue weighted by molar-refractivity contribution is 5.93. The van der Waals surface area contributed by atoms with Gasteiger partial charge in [0.1, 0.15) is 18.1 Å². The number of aliphatic imine (C=N–C) groups is 1. The Hall–Kier alpha value is -2.89. The van der Waals surface area contributed by atoms with Gasteiger partial charge in [0.15, 0.2) is 5.96 Å². The molecule has 0 aliphatic heterocycles. The van der Waals surface area contributed by atoms with Crippen LogP contribution in [0.4, 0.5) is 0 Å². The summed E-state index contributed by atoms with van der Waals surface area (Å²) in [6.07, 6.45) is 1.12. The lowest BCUT2D eigenvalue weighted by Gasteiger charge is -2.27. The molecule has 10 N–H and O–H groups in total. The fraction of sp³-hybridized carbons (Fsp3) is 0.737. The first-order chi connectivity index (χ1) is 14.4. The van der Waals surface area contributed by atoms with Crippen LogP contribution in [-0.4, -0.2) is 66.0 Å². The first kappa shape index (κ1) is 28.1. The minimum absolute atomic E-state index is 0.0999. The van der Waals surface area contributed by atoms with Crippen molar-refractivity contribution in [2.24, 2.45) is 34.0 Å². The quantitative estimate of drug-likeness (QED) is 0.0924. The zero-order valence-corrected chi connectivity index (χ0v) is 18.7. The number of nitrogens with zero attached hydrogens (tertiary/aromatic N) is 1. The number of amides is 3. The molecule has 0 heterocycles. The summed E-state index contributed by atoms with van der Waals surface area (Å²) in [6.45, 7) is 6.91. The number of carbonyl (C=O) groups is 4. The van der Waals surface area contributed by atoms with Crippen molar-refractivity contribution in [2.75, 3.05) is 13.1 Å². The van der Waals surface area contributed by atoms with E-state index in [2.05, 4.69) is 20.9 Å². The van der Waals surface area contributed by atoms with Crippen LogP contribution in [0.15, 0.2) is 4.99 Å². The van der Waals surface area contributed by atoms with Gasteiger partial charge in [-0.25, -0.2) is 4.79 Å². The van der Waals surface area contributed by atoms with E-state index in [1.54, 1.807) is 20.8 Å². The monoisotopic (exact) mass is 443 g/mol. The van der Waals surface area contributed by atoms with E-state index in [-0.39, 0.29) is 37.3 Å². The Labute approximate surface area is 182 Å². The van der Waals surface area contributed by atoms with Gasteiger partial charge in [-0.2, -0.15) is 0 Å². The molecule has 0 fully saturated rings. The maximum absolute atomic E-state index is 12.9. The zero-order valence-electron chi connectivity index (χ0n) is 18.7. The van der Waals surface area contributed by atoms with Crippen LogP contribution in [0.1, 0.15) is 47.0 Å². The Bertz CT molecular complexity index is 650. The third kappa shape index (κ3) is 10.6. The van der Waals surface area contributed by atoms with Crippen LogP contribution in [0.25, 0.3) is 0 Å². The first-order valence-corrected chi connectivity index (χ1v) is 10.3. The average molecular weight is 444 g/mol. The van der Waals surface area contributed by atoms with Crippen LogP contribution in [0.2, 0.25) is 0 Å². The molecule has 0 aliphatic carbocycles. The lowest BCUT2D eigenvalue weighted by molar-refractivity contribution is -0.143. The molecule has 0 radical (unpaired) electrons. The largest absolute Gasteiger partial charge is 0.480 e. The lowest BCUT2D eigenvalue weighted by atomic mass is 9.97. The highest BCUT2D eigenvalue weighted by atomic mass is 16.4. The maximum atomic E-state index is 12.9. The Kier molecular flexibility index (Phi) is 12.9. The van der Waals surface area contributed by atoms with E-state index in [0.29, 0.717) is 12.8 Å². The number of carboxylic acids is 1. The van der Waals surface area contributed by atoms with E-state index in [1.165, 1.54) is 0 Å². The van der Waals surface area contributed by atoms with Crippen molar-refractivity contribution in [3.05, 3.63) is 0 Å². The molecule has 4 unspecified atom stereocenters. The molecule has 0 rings (SSSR count). The minimum atomic E-state index is -1.18. The Morgan fingerprint density at radius 3 is 2.03 bits per heavy atom. The van der Waals surface area contributed by atoms with Gasteiger partial charge < -0.3 is 38.3 Å². The van der Waals surface area contributed by atoms with E-state index in [4.69, 9.17) is 17.2 Å². The second-order valence-corrected chi connectivity index (χ2v) is 7.71. The number of aliphatic carboxylic acids is 1. The number of carbonyl (C=O) groups excluding carboxylic acids is 3. The van der Waals surface area contributed by atoms with E-state index >= 15 is 0 Å². The number of hydrogen-bond acceptors (Lipinski definition) is 6. The zero-order chi connectivity index (χ0) is 24.1. The van der Waals surface area contributed by atoms with Gasteiger partial charge in [0.25, 0.3) is 0 Å². The number of hydrogen-bond donors (Lipinski definition) is 7. The molecule has 0 saturated heterocycles. The molecule has 178 valence electrons.